The lowest BCUT2D eigenvalue weighted by Gasteiger charge is -2.29. The number of halogens is 4. The summed E-state index contributed by atoms with van der Waals surface area (Å²) in [6, 6.07) is 0.989. The van der Waals surface area contributed by atoms with Crippen LogP contribution in [0.15, 0.2) is 12.1 Å². The van der Waals surface area contributed by atoms with Gasteiger partial charge in [-0.1, -0.05) is 28.8 Å². The Morgan fingerprint density at radius 3 is 2.45 bits per heavy atom. The molecule has 0 spiro atoms. The number of likely N-dealkylation sites (tertiary alicyclic amines) is 1. The first kappa shape index (κ1) is 15.4. The van der Waals surface area contributed by atoms with E-state index in [1.54, 1.807) is 0 Å². The van der Waals surface area contributed by atoms with Crippen molar-refractivity contribution in [2.75, 3.05) is 11.9 Å². The van der Waals surface area contributed by atoms with E-state index in [2.05, 4.69) is 15.9 Å². The average molecular weight is 350 g/mol. The molecule has 110 valence electrons. The molecule has 1 fully saturated rings. The van der Waals surface area contributed by atoms with Gasteiger partial charge in [-0.3, -0.25) is 4.79 Å². The van der Waals surface area contributed by atoms with Gasteiger partial charge in [0.2, 0.25) is 0 Å². The maximum absolute atomic E-state index is 13.7. The van der Waals surface area contributed by atoms with Gasteiger partial charge in [0.05, 0.1) is 0 Å². The van der Waals surface area contributed by atoms with E-state index in [9.17, 15) is 18.0 Å². The van der Waals surface area contributed by atoms with E-state index in [0.717, 1.165) is 25.7 Å². The van der Waals surface area contributed by atoms with Crippen molar-refractivity contribution in [2.45, 2.75) is 31.7 Å². The zero-order chi connectivity index (χ0) is 14.7. The molecular weight excluding hydrogens is 335 g/mol. The lowest BCUT2D eigenvalue weighted by Crippen LogP contribution is -2.41. The molecule has 1 heterocycles. The average Bonchev–Trinajstić information content (AvgIpc) is 2.62. The molecule has 1 aliphatic rings. The standard InChI is InChI=1S/C14H15BrF3NO/c15-8-10-4-2-1-3-5-19(10)14(20)13-11(17)6-9(16)7-12(13)18/h6-7,10H,1-5,8H2. The summed E-state index contributed by atoms with van der Waals surface area (Å²) in [4.78, 5) is 13.9. The van der Waals surface area contributed by atoms with Gasteiger partial charge >= 0.3 is 0 Å². The first-order valence-corrected chi connectivity index (χ1v) is 7.68. The van der Waals surface area contributed by atoms with Gasteiger partial charge in [0.1, 0.15) is 23.0 Å². The van der Waals surface area contributed by atoms with Crippen molar-refractivity contribution in [3.63, 3.8) is 0 Å². The van der Waals surface area contributed by atoms with Crippen molar-refractivity contribution in [3.8, 4) is 0 Å². The second kappa shape index (κ2) is 6.61. The maximum atomic E-state index is 13.7. The van der Waals surface area contributed by atoms with Gasteiger partial charge in [-0.05, 0) is 12.8 Å². The number of hydrogen-bond donors (Lipinski definition) is 0. The summed E-state index contributed by atoms with van der Waals surface area (Å²) < 4.78 is 40.3. The molecule has 0 aromatic heterocycles. The highest BCUT2D eigenvalue weighted by atomic mass is 79.9. The van der Waals surface area contributed by atoms with E-state index in [1.165, 1.54) is 4.90 Å². The van der Waals surface area contributed by atoms with Crippen LogP contribution >= 0.6 is 15.9 Å². The highest BCUT2D eigenvalue weighted by Crippen LogP contribution is 2.23. The number of amides is 1. The summed E-state index contributed by atoms with van der Waals surface area (Å²) >= 11 is 3.33. The van der Waals surface area contributed by atoms with Crippen molar-refractivity contribution in [2.24, 2.45) is 0 Å². The molecular formula is C14H15BrF3NO. The van der Waals surface area contributed by atoms with Gasteiger partial charge in [0.25, 0.3) is 5.91 Å². The van der Waals surface area contributed by atoms with Gasteiger partial charge < -0.3 is 4.90 Å². The number of rotatable bonds is 2. The van der Waals surface area contributed by atoms with Crippen LogP contribution in [0, 0.1) is 17.5 Å². The number of hydrogen-bond acceptors (Lipinski definition) is 1. The Bertz CT molecular complexity index is 486. The third kappa shape index (κ3) is 3.16. The minimum Gasteiger partial charge on any atom is -0.335 e. The summed E-state index contributed by atoms with van der Waals surface area (Å²) in [6.45, 7) is 0.464. The second-order valence-corrected chi connectivity index (χ2v) is 5.55. The van der Waals surface area contributed by atoms with Crippen LogP contribution in [-0.2, 0) is 0 Å². The minimum atomic E-state index is -1.15. The molecule has 1 unspecified atom stereocenters. The van der Waals surface area contributed by atoms with Crippen LogP contribution in [0.2, 0.25) is 0 Å². The van der Waals surface area contributed by atoms with Crippen LogP contribution in [-0.4, -0.2) is 28.7 Å². The predicted octanol–water partition coefficient (Wildman–Crippen LogP) is 3.88. The number of carbonyl (C=O) groups is 1. The van der Waals surface area contributed by atoms with E-state index in [0.29, 0.717) is 24.0 Å². The third-order valence-electron chi connectivity index (χ3n) is 3.54. The minimum absolute atomic E-state index is 0.0890. The zero-order valence-electron chi connectivity index (χ0n) is 10.8. The summed E-state index contributed by atoms with van der Waals surface area (Å²) in [5, 5.41) is 0.559. The predicted molar refractivity (Wildman–Crippen MR) is 73.4 cm³/mol. The highest BCUT2D eigenvalue weighted by Gasteiger charge is 2.29. The zero-order valence-corrected chi connectivity index (χ0v) is 12.4. The van der Waals surface area contributed by atoms with Crippen LogP contribution in [0.5, 0.6) is 0 Å². The molecule has 0 radical (unpaired) electrons. The van der Waals surface area contributed by atoms with Crippen LogP contribution in [0.3, 0.4) is 0 Å². The Morgan fingerprint density at radius 2 is 1.85 bits per heavy atom. The molecule has 1 aromatic rings. The first-order chi connectivity index (χ1) is 9.54. The molecule has 20 heavy (non-hydrogen) atoms. The largest absolute Gasteiger partial charge is 0.335 e. The van der Waals surface area contributed by atoms with Crippen molar-refractivity contribution in [1.29, 1.82) is 0 Å². The van der Waals surface area contributed by atoms with Gasteiger partial charge in [0, 0.05) is 30.0 Å². The monoisotopic (exact) mass is 349 g/mol. The molecule has 1 amide bonds. The van der Waals surface area contributed by atoms with Crippen LogP contribution in [0.1, 0.15) is 36.0 Å². The van der Waals surface area contributed by atoms with Crippen molar-refractivity contribution < 1.29 is 18.0 Å². The SMILES string of the molecule is O=C(c1c(F)cc(F)cc1F)N1CCCCCC1CBr. The highest BCUT2D eigenvalue weighted by molar-refractivity contribution is 9.09. The van der Waals surface area contributed by atoms with Gasteiger partial charge in [-0.25, -0.2) is 13.2 Å². The Hall–Kier alpha value is -1.04. The Labute approximate surface area is 124 Å². The molecule has 1 atom stereocenters. The normalized spacial score (nSPS) is 19.8. The molecule has 2 rings (SSSR count). The maximum Gasteiger partial charge on any atom is 0.260 e. The number of nitrogens with zero attached hydrogens (tertiary/aromatic N) is 1. The lowest BCUT2D eigenvalue weighted by atomic mass is 10.1. The van der Waals surface area contributed by atoms with Crippen LogP contribution < -0.4 is 0 Å². The van der Waals surface area contributed by atoms with Crippen LogP contribution in [0.4, 0.5) is 13.2 Å². The van der Waals surface area contributed by atoms with Gasteiger partial charge in [0.15, 0.2) is 0 Å². The smallest absolute Gasteiger partial charge is 0.260 e. The van der Waals surface area contributed by atoms with Gasteiger partial charge in [-0.2, -0.15) is 0 Å². The Morgan fingerprint density at radius 1 is 1.20 bits per heavy atom. The fourth-order valence-corrected chi connectivity index (χ4v) is 3.17. The molecule has 2 nitrogen and oxygen atoms in total. The number of alkyl halides is 1. The number of carbonyl (C=O) groups excluding carboxylic acids is 1. The van der Waals surface area contributed by atoms with Crippen molar-refractivity contribution >= 4 is 21.8 Å². The third-order valence-corrected chi connectivity index (χ3v) is 4.28. The Kier molecular flexibility index (Phi) is 5.07. The topological polar surface area (TPSA) is 20.3 Å². The fraction of sp³-hybridized carbons (Fsp3) is 0.500. The molecule has 1 aromatic carbocycles. The molecule has 0 saturated carbocycles. The molecule has 1 aliphatic heterocycles. The summed E-state index contributed by atoms with van der Waals surface area (Å²) in [7, 11) is 0. The molecule has 0 bridgehead atoms. The summed E-state index contributed by atoms with van der Waals surface area (Å²) in [5.41, 5.74) is -0.667. The fourth-order valence-electron chi connectivity index (χ4n) is 2.50. The van der Waals surface area contributed by atoms with Crippen molar-refractivity contribution in [3.05, 3.63) is 35.1 Å². The van der Waals surface area contributed by atoms with Crippen LogP contribution in [0.25, 0.3) is 0 Å². The van der Waals surface area contributed by atoms with E-state index in [-0.39, 0.29) is 6.04 Å². The van der Waals surface area contributed by atoms with Crippen molar-refractivity contribution in [1.82, 2.24) is 4.90 Å². The van der Waals surface area contributed by atoms with Gasteiger partial charge in [-0.15, -0.1) is 0 Å². The second-order valence-electron chi connectivity index (χ2n) is 4.90. The summed E-state index contributed by atoms with van der Waals surface area (Å²) in [6.07, 6.45) is 3.57. The van der Waals surface area contributed by atoms with E-state index in [4.69, 9.17) is 0 Å². The quantitative estimate of drug-likeness (QED) is 0.742. The lowest BCUT2D eigenvalue weighted by molar-refractivity contribution is 0.0692. The number of benzene rings is 1. The van der Waals surface area contributed by atoms with E-state index < -0.39 is 28.9 Å². The first-order valence-electron chi connectivity index (χ1n) is 6.56. The molecule has 0 N–H and O–H groups in total. The summed E-state index contributed by atoms with van der Waals surface area (Å²) in [5.74, 6) is -4.02. The Balaban J connectivity index is 2.34. The van der Waals surface area contributed by atoms with E-state index >= 15 is 0 Å². The molecule has 0 aliphatic carbocycles. The molecule has 6 heteroatoms. The molecule has 1 saturated heterocycles. The van der Waals surface area contributed by atoms with E-state index in [1.807, 2.05) is 0 Å².